The van der Waals surface area contributed by atoms with E-state index in [9.17, 15) is 18.3 Å². The zero-order valence-electron chi connectivity index (χ0n) is 15.2. The minimum Gasteiger partial charge on any atom is -0.544 e. The van der Waals surface area contributed by atoms with Crippen molar-refractivity contribution in [2.75, 3.05) is 5.43 Å². The molecule has 144 valence electrons. The molecule has 0 atom stereocenters. The number of hydrogen-bond acceptors (Lipinski definition) is 7. The van der Waals surface area contributed by atoms with Gasteiger partial charge in [0.05, 0.1) is 36.9 Å². The average Bonchev–Trinajstić information content (AvgIpc) is 3.17. The molecule has 3 rings (SSSR count). The van der Waals surface area contributed by atoms with E-state index in [1.54, 1.807) is 49.4 Å². The zero-order valence-corrected chi connectivity index (χ0v) is 16.8. The fourth-order valence-corrected chi connectivity index (χ4v) is 4.45. The first-order chi connectivity index (χ1) is 13.3. The Balaban J connectivity index is 1.75. The molecule has 1 N–H and O–H groups in total. The van der Waals surface area contributed by atoms with E-state index in [0.717, 1.165) is 16.9 Å². The van der Waals surface area contributed by atoms with Gasteiger partial charge >= 0.3 is 0 Å². The SMILES string of the molecule is C/C(=N/Nc1ccc(S(=O)(=O)c2ccc(C)cc2)cc1)c1ccc(C(=O)[O-])s1. The molecule has 0 saturated carbocycles. The second kappa shape index (κ2) is 7.95. The normalized spacial score (nSPS) is 12.0. The number of thiophene rings is 1. The second-order valence-corrected chi connectivity index (χ2v) is 9.13. The zero-order chi connectivity index (χ0) is 20.3. The largest absolute Gasteiger partial charge is 0.544 e. The summed E-state index contributed by atoms with van der Waals surface area (Å²) in [5.74, 6) is -1.22. The molecule has 6 nitrogen and oxygen atoms in total. The van der Waals surface area contributed by atoms with E-state index in [-0.39, 0.29) is 14.7 Å². The molecule has 0 aliphatic rings. The molecular formula is C20H17N2O4S2-. The summed E-state index contributed by atoms with van der Waals surface area (Å²) in [5.41, 5.74) is 5.05. The standard InChI is InChI=1S/C20H18N2O4S2/c1-13-3-7-16(8-4-13)28(25,26)17-9-5-15(6-10-17)22-21-14(2)18-11-12-19(27-18)20(23)24/h3-12,22H,1-2H3,(H,23,24)/p-1/b21-14-. The van der Waals surface area contributed by atoms with Crippen LogP contribution >= 0.6 is 11.3 Å². The number of carboxylic acid groups (broad SMARTS) is 1. The molecule has 3 aromatic rings. The molecule has 28 heavy (non-hydrogen) atoms. The van der Waals surface area contributed by atoms with Crippen LogP contribution in [0.1, 0.15) is 27.0 Å². The molecule has 1 heterocycles. The maximum atomic E-state index is 12.7. The number of aryl methyl sites for hydroxylation is 1. The molecule has 0 saturated heterocycles. The molecule has 2 aromatic carbocycles. The molecular weight excluding hydrogens is 396 g/mol. The fraction of sp³-hybridized carbons (Fsp3) is 0.100. The summed E-state index contributed by atoms with van der Waals surface area (Å²) in [6, 6.07) is 16.1. The van der Waals surface area contributed by atoms with Crippen molar-refractivity contribution in [1.82, 2.24) is 0 Å². The summed E-state index contributed by atoms with van der Waals surface area (Å²) in [5, 5.41) is 15.1. The Kier molecular flexibility index (Phi) is 5.62. The number of carbonyl (C=O) groups excluding carboxylic acids is 1. The van der Waals surface area contributed by atoms with Crippen molar-refractivity contribution in [3.05, 3.63) is 76.0 Å². The fourth-order valence-electron chi connectivity index (χ4n) is 2.41. The van der Waals surface area contributed by atoms with Crippen molar-refractivity contribution in [3.63, 3.8) is 0 Å². The molecule has 0 aliphatic carbocycles. The van der Waals surface area contributed by atoms with Crippen LogP contribution in [0.3, 0.4) is 0 Å². The third kappa shape index (κ3) is 4.29. The molecule has 8 heteroatoms. The number of benzene rings is 2. The Bertz CT molecular complexity index is 1130. The van der Waals surface area contributed by atoms with E-state index in [0.29, 0.717) is 16.3 Å². The van der Waals surface area contributed by atoms with E-state index in [4.69, 9.17) is 0 Å². The topological polar surface area (TPSA) is 98.7 Å². The summed E-state index contributed by atoms with van der Waals surface area (Å²) in [7, 11) is -3.58. The molecule has 0 radical (unpaired) electrons. The highest BCUT2D eigenvalue weighted by atomic mass is 32.2. The van der Waals surface area contributed by atoms with Crippen molar-refractivity contribution in [2.45, 2.75) is 23.6 Å². The summed E-state index contributed by atoms with van der Waals surface area (Å²) >= 11 is 1.08. The van der Waals surface area contributed by atoms with Gasteiger partial charge in [-0.05, 0) is 62.4 Å². The number of hydrazone groups is 1. The van der Waals surface area contributed by atoms with Gasteiger partial charge in [0.1, 0.15) is 0 Å². The number of nitrogens with one attached hydrogen (secondary N) is 1. The molecule has 0 bridgehead atoms. The van der Waals surface area contributed by atoms with E-state index in [2.05, 4.69) is 10.5 Å². The summed E-state index contributed by atoms with van der Waals surface area (Å²) < 4.78 is 25.3. The van der Waals surface area contributed by atoms with Gasteiger partial charge in [0.25, 0.3) is 0 Å². The van der Waals surface area contributed by atoms with Crippen LogP contribution in [-0.2, 0) is 9.84 Å². The van der Waals surface area contributed by atoms with Gasteiger partial charge in [-0.2, -0.15) is 5.10 Å². The Morgan fingerprint density at radius 1 is 0.929 bits per heavy atom. The predicted molar refractivity (Wildman–Crippen MR) is 108 cm³/mol. The van der Waals surface area contributed by atoms with Gasteiger partial charge in [0.15, 0.2) is 0 Å². The number of carboxylic acids is 1. The Hall–Kier alpha value is -2.97. The lowest BCUT2D eigenvalue weighted by Crippen LogP contribution is -2.20. The van der Waals surface area contributed by atoms with E-state index in [1.807, 2.05) is 6.92 Å². The van der Waals surface area contributed by atoms with Crippen molar-refractivity contribution >= 4 is 38.5 Å². The number of aromatic carboxylic acids is 1. The Morgan fingerprint density at radius 3 is 2.00 bits per heavy atom. The van der Waals surface area contributed by atoms with Gasteiger partial charge in [-0.3, -0.25) is 5.43 Å². The number of anilines is 1. The highest BCUT2D eigenvalue weighted by Gasteiger charge is 2.17. The Morgan fingerprint density at radius 2 is 1.46 bits per heavy atom. The lowest BCUT2D eigenvalue weighted by molar-refractivity contribution is -0.254. The lowest BCUT2D eigenvalue weighted by atomic mass is 10.2. The van der Waals surface area contributed by atoms with Crippen molar-refractivity contribution in [2.24, 2.45) is 5.10 Å². The van der Waals surface area contributed by atoms with Gasteiger partial charge in [0, 0.05) is 0 Å². The summed E-state index contributed by atoms with van der Waals surface area (Å²) in [6.45, 7) is 3.64. The molecule has 0 aliphatic heterocycles. The third-order valence-corrected chi connectivity index (χ3v) is 6.97. The molecule has 0 spiro atoms. The van der Waals surface area contributed by atoms with Crippen LogP contribution in [0.2, 0.25) is 0 Å². The van der Waals surface area contributed by atoms with Crippen LogP contribution < -0.4 is 10.5 Å². The van der Waals surface area contributed by atoms with Crippen molar-refractivity contribution < 1.29 is 18.3 Å². The maximum absolute atomic E-state index is 12.7. The molecule has 0 unspecified atom stereocenters. The average molecular weight is 414 g/mol. The van der Waals surface area contributed by atoms with E-state index >= 15 is 0 Å². The summed E-state index contributed by atoms with van der Waals surface area (Å²) in [4.78, 5) is 12.1. The number of hydrogen-bond donors (Lipinski definition) is 1. The van der Waals surface area contributed by atoms with Crippen molar-refractivity contribution in [3.8, 4) is 0 Å². The highest BCUT2D eigenvalue weighted by Crippen LogP contribution is 2.23. The first-order valence-corrected chi connectivity index (χ1v) is 10.6. The lowest BCUT2D eigenvalue weighted by Gasteiger charge is -2.07. The van der Waals surface area contributed by atoms with Crippen LogP contribution in [0.5, 0.6) is 0 Å². The second-order valence-electron chi connectivity index (χ2n) is 6.10. The van der Waals surface area contributed by atoms with Crippen LogP contribution in [0, 0.1) is 6.92 Å². The number of sulfone groups is 1. The quantitative estimate of drug-likeness (QED) is 0.495. The van der Waals surface area contributed by atoms with Gasteiger partial charge in [-0.15, -0.1) is 11.3 Å². The van der Waals surface area contributed by atoms with Crippen LogP contribution in [0.4, 0.5) is 5.69 Å². The minimum absolute atomic E-state index is 0.134. The Labute approximate surface area is 167 Å². The van der Waals surface area contributed by atoms with E-state index in [1.165, 1.54) is 18.2 Å². The molecule has 0 amide bonds. The first-order valence-electron chi connectivity index (χ1n) is 8.31. The van der Waals surface area contributed by atoms with Gasteiger partial charge in [-0.1, -0.05) is 17.7 Å². The number of carbonyl (C=O) groups is 1. The first kappa shape index (κ1) is 19.8. The highest BCUT2D eigenvalue weighted by molar-refractivity contribution is 7.91. The predicted octanol–water partition coefficient (Wildman–Crippen LogP) is 3.09. The molecule has 1 aromatic heterocycles. The number of nitrogens with zero attached hydrogens (tertiary/aromatic N) is 1. The smallest absolute Gasteiger partial charge is 0.206 e. The maximum Gasteiger partial charge on any atom is 0.206 e. The molecule has 0 fully saturated rings. The van der Waals surface area contributed by atoms with E-state index < -0.39 is 15.8 Å². The van der Waals surface area contributed by atoms with Crippen molar-refractivity contribution in [1.29, 1.82) is 0 Å². The van der Waals surface area contributed by atoms with Crippen LogP contribution in [0.15, 0.2) is 75.6 Å². The van der Waals surface area contributed by atoms with Gasteiger partial charge in [-0.25, -0.2) is 8.42 Å². The monoisotopic (exact) mass is 413 g/mol. The van der Waals surface area contributed by atoms with Crippen LogP contribution in [-0.4, -0.2) is 20.1 Å². The minimum atomic E-state index is -3.58. The summed E-state index contributed by atoms with van der Waals surface area (Å²) in [6.07, 6.45) is 0. The third-order valence-electron chi connectivity index (χ3n) is 4.01. The van der Waals surface area contributed by atoms with Gasteiger partial charge < -0.3 is 9.90 Å². The number of rotatable bonds is 6. The van der Waals surface area contributed by atoms with Gasteiger partial charge in [0.2, 0.25) is 9.84 Å². The van der Waals surface area contributed by atoms with Crippen LogP contribution in [0.25, 0.3) is 0 Å².